The summed E-state index contributed by atoms with van der Waals surface area (Å²) in [5, 5.41) is 5.92. The molecular weight excluding hydrogens is 909 g/mol. The van der Waals surface area contributed by atoms with E-state index < -0.39 is 53.9 Å². The molecule has 7 heterocycles. The number of rotatable bonds is 12. The Morgan fingerprint density at radius 2 is 1.43 bits per heavy atom. The van der Waals surface area contributed by atoms with Crippen molar-refractivity contribution in [1.82, 2.24) is 44.9 Å². The fourth-order valence-corrected chi connectivity index (χ4v) is 11.3. The molecule has 2 unspecified atom stereocenters. The molecule has 4 amide bonds. The number of carbonyl (C=O) groups is 4. The van der Waals surface area contributed by atoms with Gasteiger partial charge in [-0.25, -0.2) is 28.3 Å². The highest BCUT2D eigenvalue weighted by molar-refractivity contribution is 7.12. The first-order chi connectivity index (χ1) is 33.1. The number of ether oxygens (including phenoxy) is 3. The molecule has 4 aromatic heterocycles. The first-order valence-electron chi connectivity index (χ1n) is 23.5. The molecule has 4 N–H and O–H groups in total. The average molecular weight is 964 g/mol. The summed E-state index contributed by atoms with van der Waals surface area (Å²) >= 11 is 1.71. The number of nitrogens with zero attached hydrogens (tertiary/aromatic N) is 5. The van der Waals surface area contributed by atoms with Crippen molar-refractivity contribution in [2.45, 2.75) is 108 Å². The van der Waals surface area contributed by atoms with Crippen LogP contribution in [0.3, 0.4) is 0 Å². The lowest BCUT2D eigenvalue weighted by Gasteiger charge is -2.32. The molecule has 69 heavy (non-hydrogen) atoms. The Labute approximate surface area is 401 Å². The van der Waals surface area contributed by atoms with Crippen molar-refractivity contribution in [2.75, 3.05) is 27.3 Å². The van der Waals surface area contributed by atoms with Crippen LogP contribution in [-0.2, 0) is 19.1 Å². The van der Waals surface area contributed by atoms with Crippen LogP contribution < -0.4 is 15.4 Å². The fourth-order valence-electron chi connectivity index (χ4n) is 10.1. The third-order valence-corrected chi connectivity index (χ3v) is 15.1. The summed E-state index contributed by atoms with van der Waals surface area (Å²) in [6.07, 6.45) is 6.17. The molecule has 6 aromatic rings. The topological polar surface area (TPSA) is 189 Å². The highest BCUT2D eigenvalue weighted by Crippen LogP contribution is 2.50. The van der Waals surface area contributed by atoms with Gasteiger partial charge in [0.25, 0.3) is 0 Å². The van der Waals surface area contributed by atoms with Crippen molar-refractivity contribution < 1.29 is 42.2 Å². The first-order valence-corrected chi connectivity index (χ1v) is 24.3. The predicted octanol–water partition coefficient (Wildman–Crippen LogP) is 9.29. The molecule has 362 valence electrons. The Morgan fingerprint density at radius 1 is 0.812 bits per heavy atom. The van der Waals surface area contributed by atoms with Gasteiger partial charge in [-0.2, -0.15) is 0 Å². The lowest BCUT2D eigenvalue weighted by molar-refractivity contribution is -0.138. The molecule has 19 heteroatoms. The molecule has 0 spiro atoms. The number of likely N-dealkylation sites (tertiary alicyclic amines) is 2. The van der Waals surface area contributed by atoms with Gasteiger partial charge in [-0.05, 0) is 107 Å². The van der Waals surface area contributed by atoms with E-state index in [4.69, 9.17) is 14.5 Å². The predicted molar refractivity (Wildman–Crippen MR) is 254 cm³/mol. The number of imidazole rings is 2. The van der Waals surface area contributed by atoms with E-state index in [0.717, 1.165) is 53.4 Å². The Balaban J connectivity index is 0.964. The molecular formula is C50H55F2N9O7S. The summed E-state index contributed by atoms with van der Waals surface area (Å²) in [6.45, 7) is 7.09. The van der Waals surface area contributed by atoms with Crippen LogP contribution in [0.15, 0.2) is 60.9 Å². The van der Waals surface area contributed by atoms with E-state index in [-0.39, 0.29) is 17.9 Å². The monoisotopic (exact) mass is 963 g/mol. The number of hydrogen-bond acceptors (Lipinski definition) is 10. The minimum absolute atomic E-state index is 0.159. The second-order valence-electron chi connectivity index (χ2n) is 19.2. The number of nitrogens with one attached hydrogen (secondary N) is 4. The van der Waals surface area contributed by atoms with Crippen LogP contribution in [0.25, 0.3) is 44.7 Å². The number of H-pyrrole nitrogens is 2. The van der Waals surface area contributed by atoms with E-state index in [2.05, 4.69) is 47.0 Å². The summed E-state index contributed by atoms with van der Waals surface area (Å²) in [5.74, 6) is 0.555. The Hall–Kier alpha value is -6.76. The highest BCUT2D eigenvalue weighted by atomic mass is 32.1. The van der Waals surface area contributed by atoms with Crippen LogP contribution in [0.2, 0.25) is 0 Å². The van der Waals surface area contributed by atoms with Gasteiger partial charge in [-0.3, -0.25) is 14.2 Å². The van der Waals surface area contributed by atoms with Crippen molar-refractivity contribution in [3.8, 4) is 39.5 Å². The minimum Gasteiger partial charge on any atom is -0.464 e. The summed E-state index contributed by atoms with van der Waals surface area (Å²) < 4.78 is 50.7. The van der Waals surface area contributed by atoms with Crippen molar-refractivity contribution in [1.29, 1.82) is 0 Å². The molecule has 0 radical (unpaired) electrons. The minimum atomic E-state index is -2.08. The summed E-state index contributed by atoms with van der Waals surface area (Å²) in [5.41, 5.74) is 2.35. The number of aromatic amines is 2. The molecule has 3 aliphatic heterocycles. The molecule has 2 saturated heterocycles. The Kier molecular flexibility index (Phi) is 12.0. The van der Waals surface area contributed by atoms with Crippen LogP contribution in [-0.4, -0.2) is 103 Å². The van der Waals surface area contributed by atoms with Crippen LogP contribution in [0.1, 0.15) is 112 Å². The average Bonchev–Trinajstić information content (AvgIpc) is 4.05. The number of thiophene rings is 1. The molecule has 16 nitrogen and oxygen atoms in total. The fraction of sp³-hybridized carbons (Fsp3) is 0.440. The van der Waals surface area contributed by atoms with E-state index in [0.29, 0.717) is 78.2 Å². The van der Waals surface area contributed by atoms with Crippen LogP contribution in [0.4, 0.5) is 18.4 Å². The zero-order chi connectivity index (χ0) is 48.5. The number of hydrogen-bond donors (Lipinski definition) is 4. The van der Waals surface area contributed by atoms with Crippen molar-refractivity contribution in [3.63, 3.8) is 0 Å². The van der Waals surface area contributed by atoms with Gasteiger partial charge in [0.2, 0.25) is 18.0 Å². The van der Waals surface area contributed by atoms with E-state index in [1.165, 1.54) is 36.8 Å². The SMILES string of the molecule is COC(=O)NC(C(=O)N1CCC[C@@H]1c1ncc(-c2cc(F)c3c(c2)OC(c2ccc(C4CC4)s2)n2c-3cc3cc(-c4cnc([C@@H]5CCCN5C(=O)[C@@H](NC(=O)OC)C(C)C)[nH]4)ccc32)[nH]1)C(C)(C)F. The summed E-state index contributed by atoms with van der Waals surface area (Å²) in [4.78, 5) is 73.6. The number of halogens is 2. The largest absolute Gasteiger partial charge is 0.464 e. The number of alkyl carbamates (subject to hydrolysis) is 2. The summed E-state index contributed by atoms with van der Waals surface area (Å²) in [7, 11) is 2.42. The van der Waals surface area contributed by atoms with E-state index >= 15 is 8.78 Å². The number of methoxy groups -OCH3 is 2. The molecule has 1 saturated carbocycles. The normalized spacial score (nSPS) is 19.8. The first kappa shape index (κ1) is 46.0. The van der Waals surface area contributed by atoms with Gasteiger partial charge in [-0.1, -0.05) is 19.9 Å². The van der Waals surface area contributed by atoms with Gasteiger partial charge in [0.05, 0.1) is 71.7 Å². The number of alkyl halides is 1. The lowest BCUT2D eigenvalue weighted by Crippen LogP contribution is -2.56. The van der Waals surface area contributed by atoms with E-state index in [1.54, 1.807) is 28.6 Å². The van der Waals surface area contributed by atoms with Gasteiger partial charge in [0.15, 0.2) is 0 Å². The number of fused-ring (bicyclic) bond motifs is 5. The van der Waals surface area contributed by atoms with Crippen LogP contribution in [0, 0.1) is 11.7 Å². The van der Waals surface area contributed by atoms with Crippen molar-refractivity contribution in [3.05, 3.63) is 88.1 Å². The van der Waals surface area contributed by atoms with Gasteiger partial charge in [0, 0.05) is 34.5 Å². The number of carbonyl (C=O) groups excluding carboxylic acids is 4. The van der Waals surface area contributed by atoms with Gasteiger partial charge in [0.1, 0.15) is 41.0 Å². The number of benzene rings is 2. The number of aromatic nitrogens is 5. The maximum absolute atomic E-state index is 16.9. The van der Waals surface area contributed by atoms with Gasteiger partial charge < -0.3 is 44.6 Å². The standard InChI is InChI=1S/C50H55F2N9O7S/c1-25(2)41(57-48(64)66-5)45(62)59-17-7-9-34(59)43-53-23-31(55-43)27-13-14-33-29(19-27)21-36-40-30(51)20-28(22-37(40)68-47(61(33)36)39-16-15-38(69-39)26-11-12-26)32-24-54-44(56-32)35-10-8-18-60(35)46(63)42(50(3,4)52)58-49(65)67-6/h13-16,19-26,34-35,41-42,47H,7-12,17-18H2,1-6H3,(H,53,55)(H,54,56)(H,57,64)(H,58,65)/t34-,35+,41-,42?,47?/m0/s1. The molecule has 2 aromatic carbocycles. The van der Waals surface area contributed by atoms with E-state index in [9.17, 15) is 19.2 Å². The van der Waals surface area contributed by atoms with Crippen molar-refractivity contribution in [2.24, 2.45) is 5.92 Å². The molecule has 0 bridgehead atoms. The van der Waals surface area contributed by atoms with Gasteiger partial charge in [-0.15, -0.1) is 11.3 Å². The van der Waals surface area contributed by atoms with E-state index in [1.807, 2.05) is 44.2 Å². The van der Waals surface area contributed by atoms with Gasteiger partial charge >= 0.3 is 12.2 Å². The smallest absolute Gasteiger partial charge is 0.407 e. The quantitative estimate of drug-likeness (QED) is 0.0927. The zero-order valence-corrected chi connectivity index (χ0v) is 40.0. The van der Waals surface area contributed by atoms with Crippen LogP contribution in [0.5, 0.6) is 5.75 Å². The zero-order valence-electron chi connectivity index (χ0n) is 39.2. The third-order valence-electron chi connectivity index (χ3n) is 13.8. The van der Waals surface area contributed by atoms with Crippen molar-refractivity contribution >= 4 is 46.2 Å². The lowest BCUT2D eigenvalue weighted by atomic mass is 9.99. The van der Waals surface area contributed by atoms with Crippen LogP contribution >= 0.6 is 11.3 Å². The maximum Gasteiger partial charge on any atom is 0.407 e. The second-order valence-corrected chi connectivity index (χ2v) is 20.4. The third kappa shape index (κ3) is 8.58. The number of amides is 4. The maximum atomic E-state index is 16.9. The highest BCUT2D eigenvalue weighted by Gasteiger charge is 2.44. The molecule has 4 aliphatic rings. The molecule has 10 rings (SSSR count). The Bertz CT molecular complexity index is 2970. The summed E-state index contributed by atoms with van der Waals surface area (Å²) in [6, 6.07) is 12.5. The Morgan fingerprint density at radius 3 is 2.06 bits per heavy atom. The molecule has 3 fully saturated rings. The second kappa shape index (κ2) is 18.0. The molecule has 1 aliphatic carbocycles. The molecule has 5 atom stereocenters.